The van der Waals surface area contributed by atoms with Crippen molar-refractivity contribution in [2.45, 2.75) is 13.0 Å². The summed E-state index contributed by atoms with van der Waals surface area (Å²) >= 11 is 5.97. The van der Waals surface area contributed by atoms with E-state index in [1.165, 1.54) is 11.1 Å². The third kappa shape index (κ3) is 2.67. The highest BCUT2D eigenvalue weighted by atomic mass is 35.5. The molecule has 1 aromatic carbocycles. The largest absolute Gasteiger partial charge is 0.481 e. The number of hydrogen-bond donors (Lipinski definition) is 1. The molecule has 0 aliphatic carbocycles. The van der Waals surface area contributed by atoms with Gasteiger partial charge >= 0.3 is 5.97 Å². The van der Waals surface area contributed by atoms with Crippen LogP contribution in [-0.2, 0) is 22.6 Å². The summed E-state index contributed by atoms with van der Waals surface area (Å²) in [4.78, 5) is 29.5. The predicted octanol–water partition coefficient (Wildman–Crippen LogP) is 2.53. The fourth-order valence-electron chi connectivity index (χ4n) is 2.56. The number of aliphatic carboxylic acids is 1. The van der Waals surface area contributed by atoms with E-state index in [9.17, 15) is 14.7 Å². The van der Waals surface area contributed by atoms with Gasteiger partial charge in [-0.05, 0) is 11.6 Å². The zero-order valence-corrected chi connectivity index (χ0v) is 12.3. The first-order chi connectivity index (χ1) is 10.6. The fourth-order valence-corrected chi connectivity index (χ4v) is 2.71. The minimum absolute atomic E-state index is 0.0892. The number of halogens is 1. The molecule has 2 heterocycles. The average molecular weight is 317 g/mol. The van der Waals surface area contributed by atoms with Crippen molar-refractivity contribution in [1.82, 2.24) is 4.98 Å². The number of benzene rings is 1. The molecular formula is C16H13ClN2O3. The number of rotatable bonds is 3. The lowest BCUT2D eigenvalue weighted by Crippen LogP contribution is -2.44. The van der Waals surface area contributed by atoms with Gasteiger partial charge in [0.1, 0.15) is 5.92 Å². The van der Waals surface area contributed by atoms with Gasteiger partial charge in [0.15, 0.2) is 0 Å². The number of fused-ring (bicyclic) bond motifs is 1. The first-order valence-corrected chi connectivity index (χ1v) is 7.16. The van der Waals surface area contributed by atoms with E-state index in [0.29, 0.717) is 22.9 Å². The van der Waals surface area contributed by atoms with E-state index in [1.807, 2.05) is 30.3 Å². The van der Waals surface area contributed by atoms with Gasteiger partial charge in [0.05, 0.1) is 22.9 Å². The zero-order chi connectivity index (χ0) is 15.7. The Bertz CT molecular complexity index is 733. The van der Waals surface area contributed by atoms with Crippen molar-refractivity contribution in [1.29, 1.82) is 0 Å². The third-order valence-electron chi connectivity index (χ3n) is 3.65. The molecule has 112 valence electrons. The van der Waals surface area contributed by atoms with Crippen molar-refractivity contribution >= 4 is 29.2 Å². The molecule has 3 rings (SSSR count). The average Bonchev–Trinajstić information content (AvgIpc) is 2.51. The number of hydrogen-bond acceptors (Lipinski definition) is 3. The molecule has 1 aromatic heterocycles. The lowest BCUT2D eigenvalue weighted by Gasteiger charge is -2.32. The lowest BCUT2D eigenvalue weighted by atomic mass is 9.94. The van der Waals surface area contributed by atoms with E-state index in [4.69, 9.17) is 11.6 Å². The molecule has 1 atom stereocenters. The number of carbonyl (C=O) groups is 2. The monoisotopic (exact) mass is 316 g/mol. The van der Waals surface area contributed by atoms with Crippen molar-refractivity contribution in [2.24, 2.45) is 5.92 Å². The number of amides is 1. The van der Waals surface area contributed by atoms with Crippen molar-refractivity contribution in [3.05, 3.63) is 58.9 Å². The highest BCUT2D eigenvalue weighted by Crippen LogP contribution is 2.32. The Kier molecular flexibility index (Phi) is 3.81. The molecule has 1 N–H and O–H groups in total. The number of anilines is 1. The third-order valence-corrected chi connectivity index (χ3v) is 3.85. The minimum Gasteiger partial charge on any atom is -0.481 e. The second-order valence-corrected chi connectivity index (χ2v) is 5.56. The van der Waals surface area contributed by atoms with Gasteiger partial charge in [0, 0.05) is 12.6 Å². The second-order valence-electron chi connectivity index (χ2n) is 5.12. The Balaban J connectivity index is 2.03. The van der Waals surface area contributed by atoms with Gasteiger partial charge in [0.2, 0.25) is 5.91 Å². The molecule has 1 aliphatic rings. The molecule has 0 fully saturated rings. The first-order valence-electron chi connectivity index (χ1n) is 6.79. The fraction of sp³-hybridized carbons (Fsp3) is 0.188. The summed E-state index contributed by atoms with van der Waals surface area (Å²) in [7, 11) is 0. The van der Waals surface area contributed by atoms with Crippen molar-refractivity contribution < 1.29 is 14.7 Å². The molecule has 1 amide bonds. The summed E-state index contributed by atoms with van der Waals surface area (Å²) in [5, 5.41) is 9.69. The van der Waals surface area contributed by atoms with Crippen LogP contribution in [0, 0.1) is 5.92 Å². The van der Waals surface area contributed by atoms with Crippen LogP contribution in [0.3, 0.4) is 0 Å². The van der Waals surface area contributed by atoms with Crippen LogP contribution in [0.25, 0.3) is 0 Å². The SMILES string of the molecule is O=C(O)[C@H]1Cc2ncc(Cl)cc2N(Cc2ccccc2)C1=O. The van der Waals surface area contributed by atoms with Crippen LogP contribution in [0.4, 0.5) is 5.69 Å². The molecule has 2 aromatic rings. The number of carboxylic acid groups (broad SMARTS) is 1. The number of aromatic nitrogens is 1. The van der Waals surface area contributed by atoms with Crippen LogP contribution >= 0.6 is 11.6 Å². The van der Waals surface area contributed by atoms with Crippen LogP contribution in [-0.4, -0.2) is 22.0 Å². The predicted molar refractivity (Wildman–Crippen MR) is 81.7 cm³/mol. The normalized spacial score (nSPS) is 17.2. The van der Waals surface area contributed by atoms with Crippen molar-refractivity contribution in [2.75, 3.05) is 4.90 Å². The van der Waals surface area contributed by atoms with Crippen LogP contribution < -0.4 is 4.90 Å². The molecule has 5 nitrogen and oxygen atoms in total. The topological polar surface area (TPSA) is 70.5 Å². The molecule has 6 heteroatoms. The minimum atomic E-state index is -1.13. The van der Waals surface area contributed by atoms with E-state index in [2.05, 4.69) is 4.98 Å². The van der Waals surface area contributed by atoms with Gasteiger partial charge in [-0.1, -0.05) is 41.9 Å². The number of carbonyl (C=O) groups excluding carboxylic acids is 1. The molecule has 0 spiro atoms. The van der Waals surface area contributed by atoms with E-state index in [1.54, 1.807) is 6.07 Å². The molecule has 22 heavy (non-hydrogen) atoms. The van der Waals surface area contributed by atoms with Crippen LogP contribution in [0.2, 0.25) is 5.02 Å². The summed E-state index contributed by atoms with van der Waals surface area (Å²) in [5.41, 5.74) is 2.07. The highest BCUT2D eigenvalue weighted by molar-refractivity contribution is 6.30. The summed E-state index contributed by atoms with van der Waals surface area (Å²) in [5.74, 6) is -2.68. The molecule has 0 saturated carbocycles. The van der Waals surface area contributed by atoms with Gasteiger partial charge in [-0.25, -0.2) is 0 Å². The number of carboxylic acids is 1. The summed E-state index contributed by atoms with van der Waals surface area (Å²) < 4.78 is 0. The van der Waals surface area contributed by atoms with Crippen LogP contribution in [0.1, 0.15) is 11.3 Å². The maximum absolute atomic E-state index is 12.5. The lowest BCUT2D eigenvalue weighted by molar-refractivity contribution is -0.146. The van der Waals surface area contributed by atoms with Gasteiger partial charge in [-0.15, -0.1) is 0 Å². The Morgan fingerprint density at radius 2 is 2.09 bits per heavy atom. The quantitative estimate of drug-likeness (QED) is 0.883. The zero-order valence-electron chi connectivity index (χ0n) is 11.6. The van der Waals surface area contributed by atoms with Crippen molar-refractivity contribution in [3.63, 3.8) is 0 Å². The molecule has 1 aliphatic heterocycles. The number of pyridine rings is 1. The summed E-state index contributed by atoms with van der Waals surface area (Å²) in [6.45, 7) is 0.290. The van der Waals surface area contributed by atoms with Gasteiger partial charge in [0.25, 0.3) is 0 Å². The second kappa shape index (κ2) is 5.77. The Morgan fingerprint density at radius 1 is 1.36 bits per heavy atom. The number of nitrogens with zero attached hydrogens (tertiary/aromatic N) is 2. The van der Waals surface area contributed by atoms with E-state index in [-0.39, 0.29) is 6.42 Å². The van der Waals surface area contributed by atoms with Crippen molar-refractivity contribution in [3.8, 4) is 0 Å². The molecule has 0 unspecified atom stereocenters. The molecule has 0 bridgehead atoms. The summed E-state index contributed by atoms with van der Waals surface area (Å²) in [6.07, 6.45) is 1.56. The Hall–Kier alpha value is -2.40. The van der Waals surface area contributed by atoms with E-state index in [0.717, 1.165) is 5.56 Å². The summed E-state index contributed by atoms with van der Waals surface area (Å²) in [6, 6.07) is 11.0. The molecular weight excluding hydrogens is 304 g/mol. The molecule has 0 saturated heterocycles. The molecule has 0 radical (unpaired) electrons. The maximum atomic E-state index is 12.5. The van der Waals surface area contributed by atoms with Gasteiger partial charge < -0.3 is 10.0 Å². The Labute approximate surface area is 132 Å². The standard InChI is InChI=1S/C16H13ClN2O3/c17-11-6-14-13(18-8-11)7-12(16(21)22)15(20)19(14)9-10-4-2-1-3-5-10/h1-6,8,12H,7,9H2,(H,21,22)/t12-/m0/s1. The van der Waals surface area contributed by atoms with Crippen LogP contribution in [0.5, 0.6) is 0 Å². The van der Waals surface area contributed by atoms with Crippen LogP contribution in [0.15, 0.2) is 42.6 Å². The van der Waals surface area contributed by atoms with Gasteiger partial charge in [-0.2, -0.15) is 0 Å². The highest BCUT2D eigenvalue weighted by Gasteiger charge is 2.38. The Morgan fingerprint density at radius 3 is 2.77 bits per heavy atom. The maximum Gasteiger partial charge on any atom is 0.316 e. The van der Waals surface area contributed by atoms with Gasteiger partial charge in [-0.3, -0.25) is 14.6 Å². The first kappa shape index (κ1) is 14.5. The smallest absolute Gasteiger partial charge is 0.316 e. The van der Waals surface area contributed by atoms with E-state index >= 15 is 0 Å². The van der Waals surface area contributed by atoms with E-state index < -0.39 is 17.8 Å².